The maximum absolute atomic E-state index is 12.0. The number of aryl methyl sites for hydroxylation is 1. The molecule has 1 amide bonds. The molecule has 0 unspecified atom stereocenters. The largest absolute Gasteiger partial charge is 0.481 e. The van der Waals surface area contributed by atoms with Gasteiger partial charge in [0.15, 0.2) is 12.4 Å². The molecule has 0 aliphatic heterocycles. The number of hydrogen-bond donors (Lipinski definition) is 1. The Morgan fingerprint density at radius 1 is 1.26 bits per heavy atom. The second-order valence-corrected chi connectivity index (χ2v) is 6.48. The number of carbonyl (C=O) groups is 1. The second-order valence-electron chi connectivity index (χ2n) is 5.63. The standard InChI is InChI=1S/C19H15Cl2N3O3/c1-12-2-4-13(5-3-12)10-22-24-18(25)11-26-19-15(17-6-7-23-27-17)8-14(20)9-16(19)21/h2-10H,11H2,1H3,(H,24,25)/b22-10-. The van der Waals surface area contributed by atoms with E-state index < -0.39 is 5.91 Å². The van der Waals surface area contributed by atoms with Gasteiger partial charge in [-0.05, 0) is 24.6 Å². The van der Waals surface area contributed by atoms with E-state index in [0.29, 0.717) is 16.3 Å². The molecule has 1 aromatic heterocycles. The molecule has 0 saturated carbocycles. The minimum absolute atomic E-state index is 0.254. The smallest absolute Gasteiger partial charge is 0.277 e. The summed E-state index contributed by atoms with van der Waals surface area (Å²) in [5.74, 6) is 0.260. The number of carbonyl (C=O) groups excluding carboxylic acids is 1. The zero-order valence-electron chi connectivity index (χ0n) is 14.3. The molecule has 6 nitrogen and oxygen atoms in total. The van der Waals surface area contributed by atoms with Gasteiger partial charge in [0.05, 0.1) is 23.0 Å². The minimum atomic E-state index is -0.437. The summed E-state index contributed by atoms with van der Waals surface area (Å²) in [4.78, 5) is 12.0. The Hall–Kier alpha value is -2.83. The number of nitrogens with one attached hydrogen (secondary N) is 1. The van der Waals surface area contributed by atoms with Gasteiger partial charge in [0.1, 0.15) is 5.75 Å². The molecule has 0 spiro atoms. The summed E-state index contributed by atoms with van der Waals surface area (Å²) in [6.45, 7) is 1.71. The van der Waals surface area contributed by atoms with Gasteiger partial charge in [-0.15, -0.1) is 0 Å². The van der Waals surface area contributed by atoms with Crippen molar-refractivity contribution in [1.82, 2.24) is 10.6 Å². The number of amides is 1. The molecule has 0 radical (unpaired) electrons. The van der Waals surface area contributed by atoms with Gasteiger partial charge in [-0.2, -0.15) is 5.10 Å². The highest BCUT2D eigenvalue weighted by Crippen LogP contribution is 2.38. The monoisotopic (exact) mass is 403 g/mol. The fourth-order valence-corrected chi connectivity index (χ4v) is 2.79. The second kappa shape index (κ2) is 8.70. The first-order valence-corrected chi connectivity index (χ1v) is 8.70. The van der Waals surface area contributed by atoms with Crippen LogP contribution in [0.5, 0.6) is 5.75 Å². The fraction of sp³-hybridized carbons (Fsp3) is 0.105. The summed E-state index contributed by atoms with van der Waals surface area (Å²) < 4.78 is 10.7. The number of benzene rings is 2. The van der Waals surface area contributed by atoms with Gasteiger partial charge >= 0.3 is 0 Å². The first-order valence-electron chi connectivity index (χ1n) is 7.94. The van der Waals surface area contributed by atoms with E-state index in [1.807, 2.05) is 31.2 Å². The summed E-state index contributed by atoms with van der Waals surface area (Å²) in [6.07, 6.45) is 3.03. The molecule has 0 aliphatic rings. The fourth-order valence-electron chi connectivity index (χ4n) is 2.25. The van der Waals surface area contributed by atoms with Crippen LogP contribution in [0.2, 0.25) is 10.0 Å². The van der Waals surface area contributed by atoms with Gasteiger partial charge in [-0.25, -0.2) is 5.43 Å². The lowest BCUT2D eigenvalue weighted by Crippen LogP contribution is -2.24. The topological polar surface area (TPSA) is 76.7 Å². The average Bonchev–Trinajstić information content (AvgIpc) is 3.16. The van der Waals surface area contributed by atoms with Crippen LogP contribution < -0.4 is 10.2 Å². The van der Waals surface area contributed by atoms with Gasteiger partial charge < -0.3 is 9.26 Å². The molecule has 0 aliphatic carbocycles. The number of halogens is 2. The van der Waals surface area contributed by atoms with Crippen LogP contribution in [0.1, 0.15) is 11.1 Å². The van der Waals surface area contributed by atoms with E-state index in [4.69, 9.17) is 32.5 Å². The third-order valence-electron chi connectivity index (χ3n) is 3.54. The predicted octanol–water partition coefficient (Wildman–Crippen LogP) is 4.49. The van der Waals surface area contributed by atoms with Crippen LogP contribution in [-0.2, 0) is 4.79 Å². The molecule has 0 atom stereocenters. The first-order chi connectivity index (χ1) is 13.0. The summed E-state index contributed by atoms with van der Waals surface area (Å²) in [5, 5.41) is 8.22. The molecule has 1 heterocycles. The van der Waals surface area contributed by atoms with Crippen LogP contribution in [0.4, 0.5) is 0 Å². The molecule has 2 aromatic carbocycles. The van der Waals surface area contributed by atoms with Gasteiger partial charge in [0, 0.05) is 11.1 Å². The lowest BCUT2D eigenvalue weighted by Gasteiger charge is -2.11. The van der Waals surface area contributed by atoms with Crippen molar-refractivity contribution in [3.05, 3.63) is 69.8 Å². The van der Waals surface area contributed by atoms with Crippen molar-refractivity contribution in [3.8, 4) is 17.1 Å². The SMILES string of the molecule is Cc1ccc(/C=N\NC(=O)COc2c(Cl)cc(Cl)cc2-c2ccno2)cc1. The van der Waals surface area contributed by atoms with Crippen molar-refractivity contribution in [2.45, 2.75) is 6.92 Å². The molecule has 0 bridgehead atoms. The Morgan fingerprint density at radius 2 is 2.04 bits per heavy atom. The Balaban J connectivity index is 1.64. The van der Waals surface area contributed by atoms with E-state index in [9.17, 15) is 4.79 Å². The van der Waals surface area contributed by atoms with Crippen LogP contribution in [-0.4, -0.2) is 23.9 Å². The Bertz CT molecular complexity index is 955. The molecule has 8 heteroatoms. The maximum Gasteiger partial charge on any atom is 0.277 e. The zero-order chi connectivity index (χ0) is 19.2. The van der Waals surface area contributed by atoms with Crippen molar-refractivity contribution in [2.75, 3.05) is 6.61 Å². The van der Waals surface area contributed by atoms with Crippen LogP contribution in [0, 0.1) is 6.92 Å². The van der Waals surface area contributed by atoms with Crippen molar-refractivity contribution in [3.63, 3.8) is 0 Å². The molecule has 1 N–H and O–H groups in total. The predicted molar refractivity (Wildman–Crippen MR) is 104 cm³/mol. The summed E-state index contributed by atoms with van der Waals surface area (Å²) in [6, 6.07) is 12.5. The summed E-state index contributed by atoms with van der Waals surface area (Å²) in [5.41, 5.74) is 4.92. The lowest BCUT2D eigenvalue weighted by atomic mass is 10.1. The summed E-state index contributed by atoms with van der Waals surface area (Å²) >= 11 is 12.2. The van der Waals surface area contributed by atoms with E-state index in [2.05, 4.69) is 15.7 Å². The van der Waals surface area contributed by atoms with Crippen molar-refractivity contribution in [2.24, 2.45) is 5.10 Å². The molecule has 3 aromatic rings. The van der Waals surface area contributed by atoms with Gasteiger partial charge in [-0.1, -0.05) is 58.2 Å². The highest BCUT2D eigenvalue weighted by Gasteiger charge is 2.16. The van der Waals surface area contributed by atoms with Crippen molar-refractivity contribution < 1.29 is 14.1 Å². The molecule has 138 valence electrons. The Kier molecular flexibility index (Phi) is 6.11. The van der Waals surface area contributed by atoms with Gasteiger partial charge in [0.2, 0.25) is 0 Å². The number of hydrogen-bond acceptors (Lipinski definition) is 5. The highest BCUT2D eigenvalue weighted by atomic mass is 35.5. The van der Waals surface area contributed by atoms with E-state index >= 15 is 0 Å². The molecular formula is C19H15Cl2N3O3. The van der Waals surface area contributed by atoms with E-state index in [-0.39, 0.29) is 17.4 Å². The number of hydrazone groups is 1. The molecular weight excluding hydrogens is 389 g/mol. The van der Waals surface area contributed by atoms with Crippen molar-refractivity contribution in [1.29, 1.82) is 0 Å². The highest BCUT2D eigenvalue weighted by molar-refractivity contribution is 6.36. The van der Waals surface area contributed by atoms with Crippen LogP contribution >= 0.6 is 23.2 Å². The first kappa shape index (κ1) is 18.9. The Labute approximate surface area is 165 Å². The third-order valence-corrected chi connectivity index (χ3v) is 4.04. The average molecular weight is 404 g/mol. The van der Waals surface area contributed by atoms with Crippen molar-refractivity contribution >= 4 is 35.3 Å². The van der Waals surface area contributed by atoms with Crippen LogP contribution in [0.3, 0.4) is 0 Å². The normalized spacial score (nSPS) is 10.9. The summed E-state index contributed by atoms with van der Waals surface area (Å²) in [7, 11) is 0. The number of aromatic nitrogens is 1. The van der Waals surface area contributed by atoms with E-state index in [0.717, 1.165) is 11.1 Å². The molecule has 27 heavy (non-hydrogen) atoms. The van der Waals surface area contributed by atoms with E-state index in [1.54, 1.807) is 18.3 Å². The molecule has 0 saturated heterocycles. The number of rotatable bonds is 6. The lowest BCUT2D eigenvalue weighted by molar-refractivity contribution is -0.123. The van der Waals surface area contributed by atoms with Crippen LogP contribution in [0.25, 0.3) is 11.3 Å². The quantitative estimate of drug-likeness (QED) is 0.485. The van der Waals surface area contributed by atoms with Gasteiger partial charge in [-0.3, -0.25) is 4.79 Å². The van der Waals surface area contributed by atoms with Gasteiger partial charge in [0.25, 0.3) is 5.91 Å². The number of ether oxygens (including phenoxy) is 1. The number of nitrogens with zero attached hydrogens (tertiary/aromatic N) is 2. The molecule has 3 rings (SSSR count). The third kappa shape index (κ3) is 5.09. The Morgan fingerprint density at radius 3 is 2.74 bits per heavy atom. The minimum Gasteiger partial charge on any atom is -0.481 e. The van der Waals surface area contributed by atoms with E-state index in [1.165, 1.54) is 12.3 Å². The molecule has 0 fully saturated rings. The zero-order valence-corrected chi connectivity index (χ0v) is 15.8. The maximum atomic E-state index is 12.0. The van der Waals surface area contributed by atoms with Crippen LogP contribution in [0.15, 0.2) is 58.3 Å².